The Kier molecular flexibility index (Phi) is 4.61. The highest BCUT2D eigenvalue weighted by molar-refractivity contribution is 5.95. The summed E-state index contributed by atoms with van der Waals surface area (Å²) in [5.41, 5.74) is -3.85. The molecule has 0 saturated heterocycles. The monoisotopic (exact) mass is 341 g/mol. The Morgan fingerprint density at radius 2 is 1.52 bits per heavy atom. The van der Waals surface area contributed by atoms with E-state index in [9.17, 15) is 36.2 Å². The van der Waals surface area contributed by atoms with Gasteiger partial charge in [-0.3, -0.25) is 4.79 Å². The summed E-state index contributed by atoms with van der Waals surface area (Å²) in [7, 11) is 0. The number of aliphatic hydroxyl groups is 1. The minimum Gasteiger partial charge on any atom is -0.391 e. The third-order valence-electron chi connectivity index (χ3n) is 3.65. The van der Waals surface area contributed by atoms with Gasteiger partial charge in [0.15, 0.2) is 0 Å². The molecule has 1 aromatic carbocycles. The highest BCUT2D eigenvalue weighted by Gasteiger charge is 2.38. The first-order valence-electron chi connectivity index (χ1n) is 6.77. The maximum Gasteiger partial charge on any atom is 0.416 e. The number of carbonyl (C=O) groups is 1. The lowest BCUT2D eigenvalue weighted by Gasteiger charge is -2.18. The van der Waals surface area contributed by atoms with Gasteiger partial charge in [0.25, 0.3) is 5.91 Å². The Hall–Kier alpha value is -1.77. The molecule has 0 spiro atoms. The average Bonchev–Trinajstić information content (AvgIpc) is 2.82. The van der Waals surface area contributed by atoms with Crippen LogP contribution in [0.1, 0.15) is 40.7 Å². The number of benzene rings is 1. The lowest BCUT2D eigenvalue weighted by atomic mass is 10.0. The van der Waals surface area contributed by atoms with E-state index in [1.807, 2.05) is 0 Å². The van der Waals surface area contributed by atoms with Gasteiger partial charge in [-0.05, 0) is 37.5 Å². The fourth-order valence-electron chi connectivity index (χ4n) is 2.45. The Bertz CT molecular complexity index is 564. The number of nitrogens with one attached hydrogen (secondary N) is 1. The number of halogens is 6. The number of rotatable bonds is 2. The number of aliphatic hydroxyl groups excluding tert-OH is 1. The molecule has 0 aromatic heterocycles. The highest BCUT2D eigenvalue weighted by atomic mass is 19.4. The summed E-state index contributed by atoms with van der Waals surface area (Å²) in [6.45, 7) is 0. The largest absolute Gasteiger partial charge is 0.416 e. The summed E-state index contributed by atoms with van der Waals surface area (Å²) >= 11 is 0. The van der Waals surface area contributed by atoms with Crippen LogP contribution in [0.3, 0.4) is 0 Å². The van der Waals surface area contributed by atoms with Gasteiger partial charge in [0.1, 0.15) is 0 Å². The lowest BCUT2D eigenvalue weighted by molar-refractivity contribution is -0.143. The molecule has 2 N–H and O–H groups in total. The van der Waals surface area contributed by atoms with Gasteiger partial charge < -0.3 is 10.4 Å². The molecule has 1 saturated carbocycles. The standard InChI is InChI=1S/C14H13F6NO2/c15-13(16,17)8-4-7(5-9(6-8)14(18,19)20)12(23)21-10-2-1-3-11(10)22/h4-6,10-11,22H,1-3H2,(H,21,23). The van der Waals surface area contributed by atoms with E-state index < -0.39 is 47.1 Å². The van der Waals surface area contributed by atoms with E-state index in [0.717, 1.165) is 0 Å². The molecule has 0 bridgehead atoms. The molecule has 0 aliphatic heterocycles. The fraction of sp³-hybridized carbons (Fsp3) is 0.500. The van der Waals surface area contributed by atoms with E-state index >= 15 is 0 Å². The predicted octanol–water partition coefficient (Wildman–Crippen LogP) is 3.37. The molecule has 1 amide bonds. The Morgan fingerprint density at radius 3 is 1.91 bits per heavy atom. The van der Waals surface area contributed by atoms with Crippen LogP contribution in [0.5, 0.6) is 0 Å². The van der Waals surface area contributed by atoms with E-state index in [-0.39, 0.29) is 6.07 Å². The fourth-order valence-corrected chi connectivity index (χ4v) is 2.45. The quantitative estimate of drug-likeness (QED) is 0.811. The van der Waals surface area contributed by atoms with Gasteiger partial charge >= 0.3 is 12.4 Å². The van der Waals surface area contributed by atoms with E-state index in [0.29, 0.717) is 31.4 Å². The molecule has 1 aliphatic carbocycles. The Labute approximate surface area is 127 Å². The molecule has 23 heavy (non-hydrogen) atoms. The molecule has 3 nitrogen and oxygen atoms in total. The van der Waals surface area contributed by atoms with Crippen molar-refractivity contribution in [3.05, 3.63) is 34.9 Å². The number of hydrogen-bond acceptors (Lipinski definition) is 2. The van der Waals surface area contributed by atoms with Crippen LogP contribution in [0, 0.1) is 0 Å². The van der Waals surface area contributed by atoms with E-state index in [1.54, 1.807) is 0 Å². The number of amides is 1. The van der Waals surface area contributed by atoms with Gasteiger partial charge in [-0.2, -0.15) is 26.3 Å². The molecule has 1 aliphatic rings. The molecule has 128 valence electrons. The van der Waals surface area contributed by atoms with Gasteiger partial charge in [0.05, 0.1) is 23.3 Å². The SMILES string of the molecule is O=C(NC1CCCC1O)c1cc(C(F)(F)F)cc(C(F)(F)F)c1. The van der Waals surface area contributed by atoms with Crippen LogP contribution >= 0.6 is 0 Å². The Morgan fingerprint density at radius 1 is 1.00 bits per heavy atom. The second-order valence-corrected chi connectivity index (χ2v) is 5.37. The summed E-state index contributed by atoms with van der Waals surface area (Å²) in [5.74, 6) is -1.08. The van der Waals surface area contributed by atoms with Crippen molar-refractivity contribution in [2.24, 2.45) is 0 Å². The van der Waals surface area contributed by atoms with E-state index in [1.165, 1.54) is 0 Å². The maximum absolute atomic E-state index is 12.7. The molecule has 1 aromatic rings. The maximum atomic E-state index is 12.7. The van der Waals surface area contributed by atoms with Gasteiger partial charge in [-0.15, -0.1) is 0 Å². The minimum absolute atomic E-state index is 0.0405. The van der Waals surface area contributed by atoms with E-state index in [4.69, 9.17) is 0 Å². The first-order chi connectivity index (χ1) is 10.5. The van der Waals surface area contributed by atoms with Crippen LogP contribution in [0.25, 0.3) is 0 Å². The number of alkyl halides is 6. The Balaban J connectivity index is 2.35. The average molecular weight is 341 g/mol. The number of hydrogen-bond donors (Lipinski definition) is 2. The van der Waals surface area contributed by atoms with Gasteiger partial charge in [-0.1, -0.05) is 0 Å². The minimum atomic E-state index is -5.01. The smallest absolute Gasteiger partial charge is 0.391 e. The van der Waals surface area contributed by atoms with Crippen molar-refractivity contribution in [3.8, 4) is 0 Å². The van der Waals surface area contributed by atoms with E-state index in [2.05, 4.69) is 5.32 Å². The summed E-state index contributed by atoms with van der Waals surface area (Å²) < 4.78 is 76.4. The molecule has 2 rings (SSSR count). The third kappa shape index (κ3) is 4.15. The van der Waals surface area contributed by atoms with Gasteiger partial charge in [-0.25, -0.2) is 0 Å². The van der Waals surface area contributed by atoms with Crippen LogP contribution in [0.2, 0.25) is 0 Å². The molecule has 9 heteroatoms. The molecule has 0 radical (unpaired) electrons. The predicted molar refractivity (Wildman–Crippen MR) is 67.6 cm³/mol. The van der Waals surface area contributed by atoms with Crippen molar-refractivity contribution >= 4 is 5.91 Å². The topological polar surface area (TPSA) is 49.3 Å². The molecular formula is C14H13F6NO2. The summed E-state index contributed by atoms with van der Waals surface area (Å²) in [6.07, 6.45) is -9.43. The van der Waals surface area contributed by atoms with Crippen molar-refractivity contribution < 1.29 is 36.2 Å². The van der Waals surface area contributed by atoms with Gasteiger partial charge in [0.2, 0.25) is 0 Å². The van der Waals surface area contributed by atoms with Crippen molar-refractivity contribution in [2.45, 2.75) is 43.8 Å². The van der Waals surface area contributed by atoms with Crippen LogP contribution < -0.4 is 5.32 Å². The normalized spacial score (nSPS) is 22.2. The molecule has 2 unspecified atom stereocenters. The second-order valence-electron chi connectivity index (χ2n) is 5.37. The van der Waals surface area contributed by atoms with Crippen molar-refractivity contribution in [1.29, 1.82) is 0 Å². The van der Waals surface area contributed by atoms with Crippen LogP contribution in [0.15, 0.2) is 18.2 Å². The number of carbonyl (C=O) groups excluding carboxylic acids is 1. The highest BCUT2D eigenvalue weighted by Crippen LogP contribution is 2.36. The van der Waals surface area contributed by atoms with Crippen molar-refractivity contribution in [3.63, 3.8) is 0 Å². The second kappa shape index (κ2) is 6.03. The van der Waals surface area contributed by atoms with Crippen LogP contribution in [-0.2, 0) is 12.4 Å². The molecule has 2 atom stereocenters. The first-order valence-corrected chi connectivity index (χ1v) is 6.77. The third-order valence-corrected chi connectivity index (χ3v) is 3.65. The summed E-state index contributed by atoms with van der Waals surface area (Å²) in [4.78, 5) is 11.9. The first kappa shape index (κ1) is 17.6. The zero-order valence-corrected chi connectivity index (χ0v) is 11.6. The molecule has 0 heterocycles. The molecular weight excluding hydrogens is 328 g/mol. The van der Waals surface area contributed by atoms with Crippen LogP contribution in [0.4, 0.5) is 26.3 Å². The zero-order chi connectivity index (χ0) is 17.4. The summed E-state index contributed by atoms with van der Waals surface area (Å²) in [5, 5.41) is 11.9. The lowest BCUT2D eigenvalue weighted by Crippen LogP contribution is -2.40. The van der Waals surface area contributed by atoms with Crippen molar-refractivity contribution in [1.82, 2.24) is 5.32 Å². The molecule has 1 fully saturated rings. The zero-order valence-electron chi connectivity index (χ0n) is 11.6. The van der Waals surface area contributed by atoms with Crippen molar-refractivity contribution in [2.75, 3.05) is 0 Å². The van der Waals surface area contributed by atoms with Gasteiger partial charge in [0, 0.05) is 5.56 Å². The summed E-state index contributed by atoms with van der Waals surface area (Å²) in [6, 6.07) is 0.0188. The van der Waals surface area contributed by atoms with Crippen LogP contribution in [-0.4, -0.2) is 23.2 Å².